The lowest BCUT2D eigenvalue weighted by atomic mass is 10.2. The minimum Gasteiger partial charge on any atom is -0.467 e. The molecule has 0 unspecified atom stereocenters. The number of furan rings is 1. The van der Waals surface area contributed by atoms with E-state index >= 15 is 0 Å². The number of rotatable bonds is 4. The summed E-state index contributed by atoms with van der Waals surface area (Å²) in [4.78, 5) is 4.06. The highest BCUT2D eigenvalue weighted by Crippen LogP contribution is 2.05. The third-order valence-electron chi connectivity index (χ3n) is 2.64. The van der Waals surface area contributed by atoms with E-state index in [2.05, 4.69) is 15.6 Å². The molecular weight excluding hydrogens is 372 g/mol. The van der Waals surface area contributed by atoms with Crippen LogP contribution < -0.4 is 10.6 Å². The first kappa shape index (κ1) is 16.5. The van der Waals surface area contributed by atoms with Crippen molar-refractivity contribution in [3.8, 4) is 0 Å². The quantitative estimate of drug-likeness (QED) is 0.481. The van der Waals surface area contributed by atoms with Crippen LogP contribution in [0.4, 0.5) is 4.39 Å². The van der Waals surface area contributed by atoms with Crippen LogP contribution in [0.1, 0.15) is 11.3 Å². The summed E-state index contributed by atoms with van der Waals surface area (Å²) >= 11 is 0. The van der Waals surface area contributed by atoms with Crippen molar-refractivity contribution < 1.29 is 8.81 Å². The standard InChI is InChI=1S/C14H16FN3O.HI/c1-16-14(18-10-12-6-4-8-19-12)17-9-11-5-2-3-7-13(11)15;/h2-8H,9-10H2,1H3,(H2,16,17,18);1H. The van der Waals surface area contributed by atoms with Gasteiger partial charge in [-0.15, -0.1) is 24.0 Å². The molecule has 1 aromatic heterocycles. The van der Waals surface area contributed by atoms with Crippen LogP contribution in [0.2, 0.25) is 0 Å². The molecule has 0 saturated heterocycles. The fourth-order valence-corrected chi connectivity index (χ4v) is 1.63. The lowest BCUT2D eigenvalue weighted by Crippen LogP contribution is -2.36. The predicted octanol–water partition coefficient (Wildman–Crippen LogP) is 2.90. The van der Waals surface area contributed by atoms with Gasteiger partial charge in [0.25, 0.3) is 0 Å². The van der Waals surface area contributed by atoms with Gasteiger partial charge in [-0.3, -0.25) is 4.99 Å². The van der Waals surface area contributed by atoms with E-state index in [1.54, 1.807) is 31.5 Å². The molecule has 0 spiro atoms. The molecule has 2 N–H and O–H groups in total. The monoisotopic (exact) mass is 389 g/mol. The van der Waals surface area contributed by atoms with Gasteiger partial charge in [-0.2, -0.15) is 0 Å². The van der Waals surface area contributed by atoms with Crippen molar-refractivity contribution >= 4 is 29.9 Å². The van der Waals surface area contributed by atoms with Gasteiger partial charge in [0.15, 0.2) is 5.96 Å². The smallest absolute Gasteiger partial charge is 0.191 e. The fourth-order valence-electron chi connectivity index (χ4n) is 1.63. The molecule has 0 amide bonds. The number of aliphatic imine (C=N–C) groups is 1. The molecule has 0 aliphatic heterocycles. The zero-order valence-corrected chi connectivity index (χ0v) is 13.4. The Morgan fingerprint density at radius 1 is 1.15 bits per heavy atom. The Bertz CT molecular complexity index is 543. The third kappa shape index (κ3) is 4.84. The average Bonchev–Trinajstić information content (AvgIpc) is 2.94. The van der Waals surface area contributed by atoms with Gasteiger partial charge in [0.2, 0.25) is 0 Å². The third-order valence-corrected chi connectivity index (χ3v) is 2.64. The lowest BCUT2D eigenvalue weighted by molar-refractivity contribution is 0.501. The van der Waals surface area contributed by atoms with Crippen LogP contribution in [0, 0.1) is 5.82 Å². The second kappa shape index (κ2) is 8.57. The van der Waals surface area contributed by atoms with Crippen LogP contribution in [0.3, 0.4) is 0 Å². The molecule has 2 rings (SSSR count). The molecule has 0 bridgehead atoms. The van der Waals surface area contributed by atoms with Crippen molar-refractivity contribution in [1.29, 1.82) is 0 Å². The second-order valence-corrected chi connectivity index (χ2v) is 3.95. The first-order chi connectivity index (χ1) is 9.29. The van der Waals surface area contributed by atoms with E-state index < -0.39 is 0 Å². The van der Waals surface area contributed by atoms with Crippen molar-refractivity contribution in [3.05, 3.63) is 59.8 Å². The molecular formula is C14H17FIN3O. The summed E-state index contributed by atoms with van der Waals surface area (Å²) in [6.45, 7) is 0.911. The molecule has 1 heterocycles. The van der Waals surface area contributed by atoms with E-state index in [0.29, 0.717) is 24.6 Å². The molecule has 0 radical (unpaired) electrons. The zero-order valence-electron chi connectivity index (χ0n) is 11.1. The first-order valence-corrected chi connectivity index (χ1v) is 6.00. The van der Waals surface area contributed by atoms with Crippen LogP contribution in [-0.4, -0.2) is 13.0 Å². The maximum absolute atomic E-state index is 13.4. The number of nitrogens with one attached hydrogen (secondary N) is 2. The fraction of sp³-hybridized carbons (Fsp3) is 0.214. The molecule has 6 heteroatoms. The molecule has 0 aliphatic carbocycles. The zero-order chi connectivity index (χ0) is 13.5. The second-order valence-electron chi connectivity index (χ2n) is 3.95. The highest BCUT2D eigenvalue weighted by Gasteiger charge is 2.03. The summed E-state index contributed by atoms with van der Waals surface area (Å²) < 4.78 is 18.6. The van der Waals surface area contributed by atoms with Crippen LogP contribution in [0.25, 0.3) is 0 Å². The first-order valence-electron chi connectivity index (χ1n) is 6.00. The van der Waals surface area contributed by atoms with E-state index in [0.717, 1.165) is 5.76 Å². The van der Waals surface area contributed by atoms with Gasteiger partial charge < -0.3 is 15.1 Å². The van der Waals surface area contributed by atoms with Crippen molar-refractivity contribution in [1.82, 2.24) is 10.6 Å². The lowest BCUT2D eigenvalue weighted by Gasteiger charge is -2.11. The van der Waals surface area contributed by atoms with E-state index in [4.69, 9.17) is 4.42 Å². The van der Waals surface area contributed by atoms with Gasteiger partial charge in [-0.1, -0.05) is 18.2 Å². The molecule has 2 aromatic rings. The normalized spacial score (nSPS) is 10.8. The molecule has 20 heavy (non-hydrogen) atoms. The number of hydrogen-bond acceptors (Lipinski definition) is 2. The average molecular weight is 389 g/mol. The number of hydrogen-bond donors (Lipinski definition) is 2. The maximum atomic E-state index is 13.4. The molecule has 0 atom stereocenters. The van der Waals surface area contributed by atoms with Crippen LogP contribution in [-0.2, 0) is 13.1 Å². The van der Waals surface area contributed by atoms with Crippen molar-refractivity contribution in [2.24, 2.45) is 4.99 Å². The number of nitrogens with zero attached hydrogens (tertiary/aromatic N) is 1. The Morgan fingerprint density at radius 3 is 2.55 bits per heavy atom. The van der Waals surface area contributed by atoms with Gasteiger partial charge in [0.05, 0.1) is 12.8 Å². The van der Waals surface area contributed by atoms with Gasteiger partial charge in [-0.25, -0.2) is 4.39 Å². The molecule has 108 valence electrons. The largest absolute Gasteiger partial charge is 0.467 e. The summed E-state index contributed by atoms with van der Waals surface area (Å²) in [5.41, 5.74) is 0.600. The highest BCUT2D eigenvalue weighted by atomic mass is 127. The minimum absolute atomic E-state index is 0. The Labute approximate surface area is 134 Å². The molecule has 4 nitrogen and oxygen atoms in total. The van der Waals surface area contributed by atoms with Crippen LogP contribution in [0.5, 0.6) is 0 Å². The Hall–Kier alpha value is -1.57. The maximum Gasteiger partial charge on any atom is 0.191 e. The van der Waals surface area contributed by atoms with Gasteiger partial charge in [0, 0.05) is 19.2 Å². The van der Waals surface area contributed by atoms with Crippen LogP contribution >= 0.6 is 24.0 Å². The van der Waals surface area contributed by atoms with Gasteiger partial charge >= 0.3 is 0 Å². The van der Waals surface area contributed by atoms with Crippen molar-refractivity contribution in [2.75, 3.05) is 7.05 Å². The molecule has 0 fully saturated rings. The Morgan fingerprint density at radius 2 is 1.90 bits per heavy atom. The summed E-state index contributed by atoms with van der Waals surface area (Å²) in [7, 11) is 1.67. The highest BCUT2D eigenvalue weighted by molar-refractivity contribution is 14.0. The van der Waals surface area contributed by atoms with Gasteiger partial charge in [-0.05, 0) is 18.2 Å². The topological polar surface area (TPSA) is 49.6 Å². The van der Waals surface area contributed by atoms with Gasteiger partial charge in [0.1, 0.15) is 11.6 Å². The van der Waals surface area contributed by atoms with E-state index in [1.807, 2.05) is 12.1 Å². The van der Waals surface area contributed by atoms with Crippen molar-refractivity contribution in [2.45, 2.75) is 13.1 Å². The van der Waals surface area contributed by atoms with E-state index in [-0.39, 0.29) is 29.8 Å². The molecule has 0 saturated carbocycles. The summed E-state index contributed by atoms with van der Waals surface area (Å²) in [6.07, 6.45) is 1.62. The van der Waals surface area contributed by atoms with E-state index in [9.17, 15) is 4.39 Å². The summed E-state index contributed by atoms with van der Waals surface area (Å²) in [5.74, 6) is 1.19. The summed E-state index contributed by atoms with van der Waals surface area (Å²) in [5, 5.41) is 6.13. The predicted molar refractivity (Wildman–Crippen MR) is 87.6 cm³/mol. The summed E-state index contributed by atoms with van der Waals surface area (Å²) in [6, 6.07) is 10.4. The molecule has 1 aromatic carbocycles. The Kier molecular flexibility index (Phi) is 7.06. The minimum atomic E-state index is -0.225. The van der Waals surface area contributed by atoms with E-state index in [1.165, 1.54) is 6.07 Å². The Balaban J connectivity index is 0.00000200. The SMILES string of the molecule is CN=C(NCc1ccco1)NCc1ccccc1F.I. The number of benzene rings is 1. The number of halogens is 2. The van der Waals surface area contributed by atoms with Crippen molar-refractivity contribution in [3.63, 3.8) is 0 Å². The van der Waals surface area contributed by atoms with Crippen LogP contribution in [0.15, 0.2) is 52.1 Å². The number of guanidine groups is 1. The molecule has 0 aliphatic rings.